The van der Waals surface area contributed by atoms with Gasteiger partial charge in [-0.3, -0.25) is 0 Å². The molecule has 1 aliphatic rings. The highest BCUT2D eigenvalue weighted by Crippen LogP contribution is 2.30. The van der Waals surface area contributed by atoms with E-state index in [4.69, 9.17) is 0 Å². The normalized spacial score (nSPS) is 22.3. The minimum Gasteiger partial charge on any atom is -0.362 e. The fraction of sp³-hybridized carbons (Fsp3) is 0.333. The Morgan fingerprint density at radius 2 is 2.05 bits per heavy atom. The summed E-state index contributed by atoms with van der Waals surface area (Å²) in [6, 6.07) is 9.61. The molecule has 1 heterocycles. The Kier molecular flexibility index (Phi) is 4.62. The van der Waals surface area contributed by atoms with Crippen LogP contribution in [0.3, 0.4) is 0 Å². The van der Waals surface area contributed by atoms with Gasteiger partial charge in [0.25, 0.3) is 0 Å². The number of benzene rings is 1. The Balaban J connectivity index is 2.38. The van der Waals surface area contributed by atoms with E-state index in [0.29, 0.717) is 12.1 Å². The molecule has 0 saturated carbocycles. The first-order chi connectivity index (χ1) is 9.27. The number of hydrogen-bond acceptors (Lipinski definition) is 1. The van der Waals surface area contributed by atoms with Crippen LogP contribution < -0.4 is 4.90 Å². The standard InChI is InChI=1S/C18H23N/c1-4-9-16-12-6-7-14-18(16)19-15(3)11-8-13-17(19)10-5-2/h4-8,11-12,14-15,17H,1-2,9-10,13H2,3H3/t15-,17-/m0/s1. The van der Waals surface area contributed by atoms with Gasteiger partial charge in [0.1, 0.15) is 0 Å². The van der Waals surface area contributed by atoms with Crippen LogP contribution in [0, 0.1) is 0 Å². The molecular weight excluding hydrogens is 230 g/mol. The molecule has 2 atom stereocenters. The SMILES string of the molecule is C=CCc1ccccc1N1[C@@H](CC=C)CC=C[C@@H]1C. The summed E-state index contributed by atoms with van der Waals surface area (Å²) in [4.78, 5) is 2.53. The monoisotopic (exact) mass is 253 g/mol. The summed E-state index contributed by atoms with van der Waals surface area (Å²) in [5, 5.41) is 0. The average molecular weight is 253 g/mol. The van der Waals surface area contributed by atoms with Gasteiger partial charge in [0.15, 0.2) is 0 Å². The van der Waals surface area contributed by atoms with E-state index in [9.17, 15) is 0 Å². The van der Waals surface area contributed by atoms with Gasteiger partial charge in [-0.2, -0.15) is 0 Å². The lowest BCUT2D eigenvalue weighted by Crippen LogP contribution is -2.43. The van der Waals surface area contributed by atoms with Gasteiger partial charge in [-0.25, -0.2) is 0 Å². The van der Waals surface area contributed by atoms with Crippen molar-refractivity contribution in [2.75, 3.05) is 4.90 Å². The average Bonchev–Trinajstić information content (AvgIpc) is 2.41. The Hall–Kier alpha value is -1.76. The van der Waals surface area contributed by atoms with E-state index in [-0.39, 0.29) is 0 Å². The molecule has 1 aliphatic heterocycles. The van der Waals surface area contributed by atoms with Crippen LogP contribution >= 0.6 is 0 Å². The molecule has 0 radical (unpaired) electrons. The van der Waals surface area contributed by atoms with Gasteiger partial charge in [0.2, 0.25) is 0 Å². The first-order valence-corrected chi connectivity index (χ1v) is 7.02. The summed E-state index contributed by atoms with van der Waals surface area (Å²) in [5.74, 6) is 0. The number of hydrogen-bond donors (Lipinski definition) is 0. The zero-order chi connectivity index (χ0) is 13.7. The van der Waals surface area contributed by atoms with Crippen molar-refractivity contribution in [3.8, 4) is 0 Å². The van der Waals surface area contributed by atoms with Crippen LogP contribution in [0.15, 0.2) is 61.7 Å². The van der Waals surface area contributed by atoms with Crippen molar-refractivity contribution < 1.29 is 0 Å². The third-order valence-corrected chi connectivity index (χ3v) is 3.73. The fourth-order valence-corrected chi connectivity index (χ4v) is 2.88. The number of nitrogens with zero attached hydrogens (tertiary/aromatic N) is 1. The quantitative estimate of drug-likeness (QED) is 0.698. The van der Waals surface area contributed by atoms with Gasteiger partial charge in [-0.15, -0.1) is 13.2 Å². The number of anilines is 1. The lowest BCUT2D eigenvalue weighted by Gasteiger charge is -2.40. The molecule has 1 aromatic rings. The van der Waals surface area contributed by atoms with Crippen molar-refractivity contribution in [3.63, 3.8) is 0 Å². The zero-order valence-electron chi connectivity index (χ0n) is 11.8. The van der Waals surface area contributed by atoms with Crippen LogP contribution in [0.4, 0.5) is 5.69 Å². The Labute approximate surface area is 116 Å². The Morgan fingerprint density at radius 1 is 1.26 bits per heavy atom. The molecule has 0 bridgehead atoms. The second-order valence-corrected chi connectivity index (χ2v) is 5.11. The molecule has 0 unspecified atom stereocenters. The van der Waals surface area contributed by atoms with Crippen LogP contribution in [0.1, 0.15) is 25.3 Å². The van der Waals surface area contributed by atoms with Gasteiger partial charge < -0.3 is 4.90 Å². The van der Waals surface area contributed by atoms with E-state index in [1.54, 1.807) is 0 Å². The summed E-state index contributed by atoms with van der Waals surface area (Å²) in [7, 11) is 0. The smallest absolute Gasteiger partial charge is 0.0448 e. The molecule has 100 valence electrons. The Morgan fingerprint density at radius 3 is 2.79 bits per heavy atom. The minimum absolute atomic E-state index is 0.435. The maximum absolute atomic E-state index is 3.90. The van der Waals surface area contributed by atoms with E-state index in [0.717, 1.165) is 19.3 Å². The largest absolute Gasteiger partial charge is 0.362 e. The van der Waals surface area contributed by atoms with E-state index in [1.807, 2.05) is 12.2 Å². The van der Waals surface area contributed by atoms with Crippen LogP contribution in [-0.4, -0.2) is 12.1 Å². The Bertz CT molecular complexity index is 472. The van der Waals surface area contributed by atoms with Gasteiger partial charge >= 0.3 is 0 Å². The van der Waals surface area contributed by atoms with E-state index in [2.05, 4.69) is 61.4 Å². The van der Waals surface area contributed by atoms with Gasteiger partial charge in [0.05, 0.1) is 0 Å². The van der Waals surface area contributed by atoms with Crippen molar-refractivity contribution in [2.24, 2.45) is 0 Å². The first-order valence-electron chi connectivity index (χ1n) is 7.02. The molecule has 0 amide bonds. The van der Waals surface area contributed by atoms with Crippen LogP contribution in [-0.2, 0) is 6.42 Å². The summed E-state index contributed by atoms with van der Waals surface area (Å²) >= 11 is 0. The third-order valence-electron chi connectivity index (χ3n) is 3.73. The second-order valence-electron chi connectivity index (χ2n) is 5.11. The van der Waals surface area contributed by atoms with E-state index in [1.165, 1.54) is 11.3 Å². The molecule has 1 aromatic carbocycles. The van der Waals surface area contributed by atoms with Gasteiger partial charge in [0, 0.05) is 17.8 Å². The first kappa shape index (κ1) is 13.7. The minimum atomic E-state index is 0.435. The van der Waals surface area contributed by atoms with Crippen molar-refractivity contribution in [2.45, 2.75) is 38.3 Å². The van der Waals surface area contributed by atoms with Crippen molar-refractivity contribution in [1.29, 1.82) is 0 Å². The third kappa shape index (κ3) is 2.98. The molecule has 19 heavy (non-hydrogen) atoms. The molecule has 0 aromatic heterocycles. The van der Waals surface area contributed by atoms with Crippen LogP contribution in [0.25, 0.3) is 0 Å². The molecular formula is C18H23N. The summed E-state index contributed by atoms with van der Waals surface area (Å²) in [5.41, 5.74) is 2.69. The van der Waals surface area contributed by atoms with Crippen molar-refractivity contribution in [1.82, 2.24) is 0 Å². The van der Waals surface area contributed by atoms with E-state index >= 15 is 0 Å². The number of rotatable bonds is 5. The molecule has 0 fully saturated rings. The maximum Gasteiger partial charge on any atom is 0.0448 e. The molecule has 1 nitrogen and oxygen atoms in total. The summed E-state index contributed by atoms with van der Waals surface area (Å²) in [6.07, 6.45) is 11.6. The molecule has 0 aliphatic carbocycles. The number of para-hydroxylation sites is 1. The predicted molar refractivity (Wildman–Crippen MR) is 84.6 cm³/mol. The fourth-order valence-electron chi connectivity index (χ4n) is 2.88. The lowest BCUT2D eigenvalue weighted by molar-refractivity contribution is 0.549. The molecule has 2 rings (SSSR count). The van der Waals surface area contributed by atoms with Crippen LogP contribution in [0.5, 0.6) is 0 Å². The highest BCUT2D eigenvalue weighted by atomic mass is 15.2. The topological polar surface area (TPSA) is 3.24 Å². The molecule has 0 N–H and O–H groups in total. The molecule has 1 heteroatoms. The maximum atomic E-state index is 3.90. The number of allylic oxidation sites excluding steroid dienone is 1. The van der Waals surface area contributed by atoms with Gasteiger partial charge in [-0.1, -0.05) is 42.5 Å². The predicted octanol–water partition coefficient (Wildman–Crippen LogP) is 4.51. The summed E-state index contributed by atoms with van der Waals surface area (Å²) in [6.45, 7) is 10.0. The van der Waals surface area contributed by atoms with Crippen molar-refractivity contribution >= 4 is 5.69 Å². The van der Waals surface area contributed by atoms with Gasteiger partial charge in [-0.05, 0) is 37.8 Å². The molecule has 0 saturated heterocycles. The van der Waals surface area contributed by atoms with Crippen LogP contribution in [0.2, 0.25) is 0 Å². The second kappa shape index (κ2) is 6.42. The highest BCUT2D eigenvalue weighted by molar-refractivity contribution is 5.57. The van der Waals surface area contributed by atoms with Crippen molar-refractivity contribution in [3.05, 3.63) is 67.3 Å². The molecule has 0 spiro atoms. The van der Waals surface area contributed by atoms with E-state index < -0.39 is 0 Å². The zero-order valence-corrected chi connectivity index (χ0v) is 11.8. The summed E-state index contributed by atoms with van der Waals surface area (Å²) < 4.78 is 0. The highest BCUT2D eigenvalue weighted by Gasteiger charge is 2.25. The lowest BCUT2D eigenvalue weighted by atomic mass is 9.97.